The molecule has 0 fully saturated rings. The maximum Gasteiger partial charge on any atom is 0.228 e. The number of carbonyl (C=O) groups is 1. The van der Waals surface area contributed by atoms with Crippen LogP contribution in [0.15, 0.2) is 30.5 Å². The molecule has 6 heteroatoms. The van der Waals surface area contributed by atoms with E-state index >= 15 is 0 Å². The van der Waals surface area contributed by atoms with Crippen molar-refractivity contribution >= 4 is 34.8 Å². The van der Waals surface area contributed by atoms with Crippen LogP contribution in [0.1, 0.15) is 11.3 Å². The van der Waals surface area contributed by atoms with Crippen molar-refractivity contribution in [3.63, 3.8) is 0 Å². The van der Waals surface area contributed by atoms with Crippen LogP contribution < -0.4 is 10.1 Å². The molecule has 2 aromatic rings. The van der Waals surface area contributed by atoms with Gasteiger partial charge in [0.05, 0.1) is 18.6 Å². The van der Waals surface area contributed by atoms with Gasteiger partial charge >= 0.3 is 0 Å². The van der Waals surface area contributed by atoms with E-state index in [0.717, 1.165) is 5.69 Å². The van der Waals surface area contributed by atoms with Crippen LogP contribution in [0.5, 0.6) is 5.75 Å². The second kappa shape index (κ2) is 6.78. The highest BCUT2D eigenvalue weighted by atomic mass is 35.5. The predicted octanol–water partition coefficient (Wildman–Crippen LogP) is 3.89. The molecule has 0 aliphatic rings. The fourth-order valence-electron chi connectivity index (χ4n) is 1.98. The summed E-state index contributed by atoms with van der Waals surface area (Å²) in [4.78, 5) is 16.2. The third-order valence-electron chi connectivity index (χ3n) is 2.82. The zero-order valence-corrected chi connectivity index (χ0v) is 13.1. The number of carbonyl (C=O) groups excluding carboxylic acids is 1. The summed E-state index contributed by atoms with van der Waals surface area (Å²) in [6.07, 6.45) is 1.76. The number of anilines is 1. The molecule has 2 rings (SSSR count). The molecule has 0 unspecified atom stereocenters. The van der Waals surface area contributed by atoms with Gasteiger partial charge in [0, 0.05) is 28.2 Å². The molecule has 1 amide bonds. The molecule has 0 spiro atoms. The molecular weight excluding hydrogens is 311 g/mol. The van der Waals surface area contributed by atoms with Crippen LogP contribution in [0.2, 0.25) is 10.0 Å². The quantitative estimate of drug-likeness (QED) is 0.928. The van der Waals surface area contributed by atoms with Crippen molar-refractivity contribution in [1.29, 1.82) is 0 Å². The topological polar surface area (TPSA) is 51.2 Å². The molecule has 0 saturated heterocycles. The number of halogens is 2. The van der Waals surface area contributed by atoms with Crippen molar-refractivity contribution in [1.82, 2.24) is 4.98 Å². The minimum absolute atomic E-state index is 0.116. The summed E-state index contributed by atoms with van der Waals surface area (Å²) in [6, 6.07) is 6.77. The lowest BCUT2D eigenvalue weighted by atomic mass is 10.1. The maximum atomic E-state index is 12.1. The van der Waals surface area contributed by atoms with Crippen LogP contribution in [0.3, 0.4) is 0 Å². The van der Waals surface area contributed by atoms with E-state index in [2.05, 4.69) is 10.3 Å². The SMILES string of the molecule is COc1c(Cl)cc(Cl)cc1CC(=O)Nc1ccnc(C)c1. The lowest BCUT2D eigenvalue weighted by Crippen LogP contribution is -2.15. The van der Waals surface area contributed by atoms with Crippen LogP contribution in [-0.4, -0.2) is 18.0 Å². The van der Waals surface area contributed by atoms with Crippen molar-refractivity contribution in [3.8, 4) is 5.75 Å². The van der Waals surface area contributed by atoms with Gasteiger partial charge in [-0.25, -0.2) is 0 Å². The Bertz CT molecular complexity index is 675. The van der Waals surface area contributed by atoms with Crippen LogP contribution in [0.4, 0.5) is 5.69 Å². The highest BCUT2D eigenvalue weighted by Crippen LogP contribution is 2.32. The van der Waals surface area contributed by atoms with Gasteiger partial charge in [-0.1, -0.05) is 23.2 Å². The fraction of sp³-hybridized carbons (Fsp3) is 0.200. The number of ether oxygens (including phenoxy) is 1. The van der Waals surface area contributed by atoms with Gasteiger partial charge in [0.1, 0.15) is 5.75 Å². The Morgan fingerprint density at radius 3 is 2.76 bits per heavy atom. The van der Waals surface area contributed by atoms with E-state index in [-0.39, 0.29) is 12.3 Å². The van der Waals surface area contributed by atoms with Gasteiger partial charge in [-0.3, -0.25) is 9.78 Å². The summed E-state index contributed by atoms with van der Waals surface area (Å²) in [6.45, 7) is 1.86. The summed E-state index contributed by atoms with van der Waals surface area (Å²) < 4.78 is 5.22. The van der Waals surface area contributed by atoms with E-state index in [1.807, 2.05) is 6.92 Å². The van der Waals surface area contributed by atoms with Crippen molar-refractivity contribution < 1.29 is 9.53 Å². The molecule has 0 atom stereocenters. The minimum atomic E-state index is -0.183. The van der Waals surface area contributed by atoms with Crippen molar-refractivity contribution in [2.24, 2.45) is 0 Å². The van der Waals surface area contributed by atoms with Crippen molar-refractivity contribution in [2.75, 3.05) is 12.4 Å². The number of pyridine rings is 1. The fourth-order valence-corrected chi connectivity index (χ4v) is 2.59. The van der Waals surface area contributed by atoms with E-state index in [0.29, 0.717) is 27.0 Å². The Morgan fingerprint density at radius 2 is 2.10 bits per heavy atom. The molecule has 0 aliphatic carbocycles. The number of aromatic nitrogens is 1. The van der Waals surface area contributed by atoms with Gasteiger partial charge < -0.3 is 10.1 Å². The average molecular weight is 325 g/mol. The number of rotatable bonds is 4. The predicted molar refractivity (Wildman–Crippen MR) is 84.3 cm³/mol. The highest BCUT2D eigenvalue weighted by molar-refractivity contribution is 6.35. The first-order chi connectivity index (χ1) is 9.99. The van der Waals surface area contributed by atoms with Crippen LogP contribution >= 0.6 is 23.2 Å². The molecule has 0 bridgehead atoms. The summed E-state index contributed by atoms with van der Waals surface area (Å²) in [5.74, 6) is 0.277. The van der Waals surface area contributed by atoms with E-state index in [1.54, 1.807) is 30.5 Å². The van der Waals surface area contributed by atoms with Crippen LogP contribution in [0, 0.1) is 6.92 Å². The number of benzene rings is 1. The summed E-state index contributed by atoms with van der Waals surface area (Å²) in [5.41, 5.74) is 2.16. The number of hydrogen-bond donors (Lipinski definition) is 1. The first kappa shape index (κ1) is 15.6. The number of methoxy groups -OCH3 is 1. The third-order valence-corrected chi connectivity index (χ3v) is 3.32. The Balaban J connectivity index is 2.16. The molecule has 0 radical (unpaired) electrons. The number of nitrogens with zero attached hydrogens (tertiary/aromatic N) is 1. The van der Waals surface area contributed by atoms with Crippen molar-refractivity contribution in [3.05, 3.63) is 51.8 Å². The van der Waals surface area contributed by atoms with Crippen molar-refractivity contribution in [2.45, 2.75) is 13.3 Å². The maximum absolute atomic E-state index is 12.1. The number of nitrogens with one attached hydrogen (secondary N) is 1. The van der Waals surface area contributed by atoms with Gasteiger partial charge in [-0.15, -0.1) is 0 Å². The Morgan fingerprint density at radius 1 is 1.33 bits per heavy atom. The monoisotopic (exact) mass is 324 g/mol. The second-order valence-corrected chi connectivity index (χ2v) is 5.33. The molecule has 1 aromatic carbocycles. The Hall–Kier alpha value is -1.78. The zero-order valence-electron chi connectivity index (χ0n) is 11.6. The highest BCUT2D eigenvalue weighted by Gasteiger charge is 2.13. The first-order valence-electron chi connectivity index (χ1n) is 6.24. The Kier molecular flexibility index (Phi) is 5.04. The number of aryl methyl sites for hydroxylation is 1. The van der Waals surface area contributed by atoms with E-state index in [1.165, 1.54) is 7.11 Å². The summed E-state index contributed by atoms with van der Waals surface area (Å²) in [7, 11) is 1.50. The van der Waals surface area contributed by atoms with Gasteiger partial charge in [-0.05, 0) is 31.2 Å². The lowest BCUT2D eigenvalue weighted by molar-refractivity contribution is -0.115. The van der Waals surface area contributed by atoms with E-state index in [4.69, 9.17) is 27.9 Å². The molecular formula is C15H14Cl2N2O2. The standard InChI is InChI=1S/C15H14Cl2N2O2/c1-9-5-12(3-4-18-9)19-14(20)7-10-6-11(16)8-13(17)15(10)21-2/h3-6,8H,7H2,1-2H3,(H,18,19,20). The largest absolute Gasteiger partial charge is 0.495 e. The zero-order chi connectivity index (χ0) is 15.4. The summed E-state index contributed by atoms with van der Waals surface area (Å²) >= 11 is 12.0. The molecule has 21 heavy (non-hydrogen) atoms. The third kappa shape index (κ3) is 4.09. The molecule has 1 aromatic heterocycles. The van der Waals surface area contributed by atoms with Gasteiger partial charge in [-0.2, -0.15) is 0 Å². The van der Waals surface area contributed by atoms with E-state index < -0.39 is 0 Å². The number of amides is 1. The average Bonchev–Trinajstić information content (AvgIpc) is 2.37. The summed E-state index contributed by atoms with van der Waals surface area (Å²) in [5, 5.41) is 3.64. The smallest absolute Gasteiger partial charge is 0.228 e. The Labute approximate surface area is 133 Å². The molecule has 4 nitrogen and oxygen atoms in total. The first-order valence-corrected chi connectivity index (χ1v) is 6.99. The lowest BCUT2D eigenvalue weighted by Gasteiger charge is -2.11. The number of hydrogen-bond acceptors (Lipinski definition) is 3. The van der Waals surface area contributed by atoms with Crippen LogP contribution in [-0.2, 0) is 11.2 Å². The van der Waals surface area contributed by atoms with Gasteiger partial charge in [0.25, 0.3) is 0 Å². The minimum Gasteiger partial charge on any atom is -0.495 e. The van der Waals surface area contributed by atoms with Gasteiger partial charge in [0.2, 0.25) is 5.91 Å². The van der Waals surface area contributed by atoms with E-state index in [9.17, 15) is 4.79 Å². The molecule has 0 saturated carbocycles. The van der Waals surface area contributed by atoms with Gasteiger partial charge in [0.15, 0.2) is 0 Å². The second-order valence-electron chi connectivity index (χ2n) is 4.49. The van der Waals surface area contributed by atoms with Crippen LogP contribution in [0.25, 0.3) is 0 Å². The molecule has 110 valence electrons. The molecule has 1 N–H and O–H groups in total. The molecule has 1 heterocycles. The molecule has 0 aliphatic heterocycles. The normalized spacial score (nSPS) is 10.3.